The molecule has 98 valence electrons. The molecule has 1 heterocycles. The minimum Gasteiger partial charge on any atom is -0.381 e. The number of hydrogen-bond acceptors (Lipinski definition) is 3. The lowest BCUT2D eigenvalue weighted by atomic mass is 10.0. The van der Waals surface area contributed by atoms with Crippen LogP contribution >= 0.6 is 0 Å². The first-order valence-corrected chi connectivity index (χ1v) is 6.43. The van der Waals surface area contributed by atoms with Crippen molar-refractivity contribution in [3.05, 3.63) is 35.4 Å². The second kappa shape index (κ2) is 6.52. The summed E-state index contributed by atoms with van der Waals surface area (Å²) in [5.41, 5.74) is 7.72. The molecular weight excluding hydrogens is 228 g/mol. The molecule has 4 nitrogen and oxygen atoms in total. The van der Waals surface area contributed by atoms with Crippen LogP contribution in [0.4, 0.5) is 0 Å². The summed E-state index contributed by atoms with van der Waals surface area (Å²) in [6.45, 7) is 1.95. The van der Waals surface area contributed by atoms with Gasteiger partial charge >= 0.3 is 0 Å². The summed E-state index contributed by atoms with van der Waals surface area (Å²) in [4.78, 5) is 12.0. The Kier molecular flexibility index (Phi) is 4.73. The zero-order valence-corrected chi connectivity index (χ0v) is 10.5. The lowest BCUT2D eigenvalue weighted by Gasteiger charge is -2.23. The number of ether oxygens (including phenoxy) is 1. The van der Waals surface area contributed by atoms with Gasteiger partial charge in [0.2, 0.25) is 5.91 Å². The molecule has 0 aliphatic carbocycles. The molecule has 1 aliphatic heterocycles. The zero-order valence-electron chi connectivity index (χ0n) is 10.5. The molecule has 0 unspecified atom stereocenters. The molecule has 1 fully saturated rings. The fourth-order valence-electron chi connectivity index (χ4n) is 2.22. The number of nitrogens with two attached hydrogens (primary N) is 1. The highest BCUT2D eigenvalue weighted by molar-refractivity contribution is 5.79. The molecule has 0 radical (unpaired) electrons. The van der Waals surface area contributed by atoms with E-state index in [1.54, 1.807) is 0 Å². The van der Waals surface area contributed by atoms with Gasteiger partial charge in [-0.05, 0) is 24.0 Å². The van der Waals surface area contributed by atoms with E-state index in [0.29, 0.717) is 13.0 Å². The topological polar surface area (TPSA) is 64.4 Å². The van der Waals surface area contributed by atoms with E-state index >= 15 is 0 Å². The smallest absolute Gasteiger partial charge is 0.224 e. The van der Waals surface area contributed by atoms with Gasteiger partial charge in [0.15, 0.2) is 0 Å². The first-order chi connectivity index (χ1) is 8.79. The highest BCUT2D eigenvalue weighted by Gasteiger charge is 2.16. The van der Waals surface area contributed by atoms with E-state index < -0.39 is 0 Å². The molecule has 2 rings (SSSR count). The summed E-state index contributed by atoms with van der Waals surface area (Å²) in [6, 6.07) is 8.08. The fraction of sp³-hybridized carbons (Fsp3) is 0.500. The summed E-state index contributed by atoms with van der Waals surface area (Å²) >= 11 is 0. The van der Waals surface area contributed by atoms with Gasteiger partial charge in [0, 0.05) is 25.8 Å². The SMILES string of the molecule is NCc1ccccc1CC(=O)NC1CCOCC1. The minimum absolute atomic E-state index is 0.0720. The number of benzene rings is 1. The molecule has 0 spiro atoms. The molecule has 0 aromatic heterocycles. The molecule has 0 saturated carbocycles. The van der Waals surface area contributed by atoms with Crippen LogP contribution in [0.15, 0.2) is 24.3 Å². The summed E-state index contributed by atoms with van der Waals surface area (Å²) in [6.07, 6.45) is 2.22. The summed E-state index contributed by atoms with van der Waals surface area (Å²) < 4.78 is 5.27. The van der Waals surface area contributed by atoms with Gasteiger partial charge in [-0.3, -0.25) is 4.79 Å². The van der Waals surface area contributed by atoms with Crippen LogP contribution in [0.5, 0.6) is 0 Å². The lowest BCUT2D eigenvalue weighted by molar-refractivity contribution is -0.121. The maximum Gasteiger partial charge on any atom is 0.224 e. The van der Waals surface area contributed by atoms with Gasteiger partial charge in [-0.2, -0.15) is 0 Å². The Bertz CT molecular complexity index is 401. The van der Waals surface area contributed by atoms with E-state index in [-0.39, 0.29) is 11.9 Å². The number of carbonyl (C=O) groups excluding carboxylic acids is 1. The highest BCUT2D eigenvalue weighted by atomic mass is 16.5. The molecule has 1 saturated heterocycles. The van der Waals surface area contributed by atoms with Crippen LogP contribution in [0.3, 0.4) is 0 Å². The fourth-order valence-corrected chi connectivity index (χ4v) is 2.22. The van der Waals surface area contributed by atoms with E-state index in [0.717, 1.165) is 37.2 Å². The van der Waals surface area contributed by atoms with Crippen molar-refractivity contribution in [2.75, 3.05) is 13.2 Å². The third-order valence-corrected chi connectivity index (χ3v) is 3.28. The third-order valence-electron chi connectivity index (χ3n) is 3.28. The molecule has 1 aromatic carbocycles. The average molecular weight is 248 g/mol. The Morgan fingerprint density at radius 3 is 2.61 bits per heavy atom. The summed E-state index contributed by atoms with van der Waals surface area (Å²) in [5, 5.41) is 3.06. The van der Waals surface area contributed by atoms with Crippen LogP contribution in [0.1, 0.15) is 24.0 Å². The van der Waals surface area contributed by atoms with Crippen LogP contribution < -0.4 is 11.1 Å². The quantitative estimate of drug-likeness (QED) is 0.835. The van der Waals surface area contributed by atoms with Crippen LogP contribution in [0.25, 0.3) is 0 Å². The molecule has 4 heteroatoms. The van der Waals surface area contributed by atoms with Crippen molar-refractivity contribution in [3.63, 3.8) is 0 Å². The van der Waals surface area contributed by atoms with Crippen LogP contribution in [0, 0.1) is 0 Å². The Hall–Kier alpha value is -1.39. The largest absolute Gasteiger partial charge is 0.381 e. The standard InChI is InChI=1S/C14H20N2O2/c15-10-12-4-2-1-3-11(12)9-14(17)16-13-5-7-18-8-6-13/h1-4,13H,5-10,15H2,(H,16,17). The van der Waals surface area contributed by atoms with Crippen molar-refractivity contribution in [2.24, 2.45) is 5.73 Å². The number of amides is 1. The summed E-state index contributed by atoms with van der Waals surface area (Å²) in [5.74, 6) is 0.0720. The van der Waals surface area contributed by atoms with Crippen molar-refractivity contribution < 1.29 is 9.53 Å². The normalized spacial score (nSPS) is 16.5. The minimum atomic E-state index is 0.0720. The first-order valence-electron chi connectivity index (χ1n) is 6.43. The highest BCUT2D eigenvalue weighted by Crippen LogP contribution is 2.10. The van der Waals surface area contributed by atoms with Gasteiger partial charge in [0.25, 0.3) is 0 Å². The number of nitrogens with one attached hydrogen (secondary N) is 1. The Labute approximate surface area is 108 Å². The maximum atomic E-state index is 12.0. The molecule has 1 aliphatic rings. The van der Waals surface area contributed by atoms with Crippen LogP contribution in [0.2, 0.25) is 0 Å². The van der Waals surface area contributed by atoms with Crippen LogP contribution in [-0.4, -0.2) is 25.2 Å². The van der Waals surface area contributed by atoms with Gasteiger partial charge in [0.1, 0.15) is 0 Å². The van der Waals surface area contributed by atoms with Gasteiger partial charge in [-0.25, -0.2) is 0 Å². The van der Waals surface area contributed by atoms with Gasteiger partial charge in [0.05, 0.1) is 6.42 Å². The summed E-state index contributed by atoms with van der Waals surface area (Å²) in [7, 11) is 0. The van der Waals surface area contributed by atoms with E-state index in [4.69, 9.17) is 10.5 Å². The van der Waals surface area contributed by atoms with Crippen molar-refractivity contribution in [3.8, 4) is 0 Å². The maximum absolute atomic E-state index is 12.0. The van der Waals surface area contributed by atoms with Crippen molar-refractivity contribution in [1.82, 2.24) is 5.32 Å². The van der Waals surface area contributed by atoms with Crippen LogP contribution in [-0.2, 0) is 22.5 Å². The van der Waals surface area contributed by atoms with Gasteiger partial charge < -0.3 is 15.8 Å². The molecule has 1 aromatic rings. The number of carbonyl (C=O) groups is 1. The Morgan fingerprint density at radius 1 is 1.28 bits per heavy atom. The lowest BCUT2D eigenvalue weighted by Crippen LogP contribution is -2.39. The molecule has 0 atom stereocenters. The molecule has 0 bridgehead atoms. The van der Waals surface area contributed by atoms with Crippen molar-refractivity contribution in [1.29, 1.82) is 0 Å². The average Bonchev–Trinajstić information content (AvgIpc) is 2.40. The number of rotatable bonds is 4. The monoisotopic (exact) mass is 248 g/mol. The van der Waals surface area contributed by atoms with E-state index in [9.17, 15) is 4.79 Å². The Balaban J connectivity index is 1.90. The second-order valence-electron chi connectivity index (χ2n) is 4.60. The predicted octanol–water partition coefficient (Wildman–Crippen LogP) is 0.983. The second-order valence-corrected chi connectivity index (χ2v) is 4.60. The number of hydrogen-bond donors (Lipinski definition) is 2. The zero-order chi connectivity index (χ0) is 12.8. The molecular formula is C14H20N2O2. The molecule has 3 N–H and O–H groups in total. The Morgan fingerprint density at radius 2 is 1.94 bits per heavy atom. The molecule has 18 heavy (non-hydrogen) atoms. The van der Waals surface area contributed by atoms with E-state index in [2.05, 4.69) is 5.32 Å². The third kappa shape index (κ3) is 3.55. The van der Waals surface area contributed by atoms with Crippen molar-refractivity contribution in [2.45, 2.75) is 31.8 Å². The van der Waals surface area contributed by atoms with Crippen molar-refractivity contribution >= 4 is 5.91 Å². The van der Waals surface area contributed by atoms with E-state index in [1.807, 2.05) is 24.3 Å². The van der Waals surface area contributed by atoms with E-state index in [1.165, 1.54) is 0 Å². The first kappa shape index (κ1) is 13.1. The predicted molar refractivity (Wildman–Crippen MR) is 70.0 cm³/mol. The van der Waals surface area contributed by atoms with Gasteiger partial charge in [-0.15, -0.1) is 0 Å². The van der Waals surface area contributed by atoms with Gasteiger partial charge in [-0.1, -0.05) is 24.3 Å². The molecule has 1 amide bonds.